The summed E-state index contributed by atoms with van der Waals surface area (Å²) in [7, 11) is 0. The Kier molecular flexibility index (Phi) is 5.35. The maximum Gasteiger partial charge on any atom is 0.251 e. The van der Waals surface area contributed by atoms with Crippen molar-refractivity contribution < 1.29 is 4.79 Å². The number of nitrogens with one attached hydrogen (secondary N) is 1. The van der Waals surface area contributed by atoms with Crippen molar-refractivity contribution in [3.63, 3.8) is 0 Å². The maximum absolute atomic E-state index is 11.8. The third-order valence-electron chi connectivity index (χ3n) is 2.36. The first-order valence-electron chi connectivity index (χ1n) is 5.59. The summed E-state index contributed by atoms with van der Waals surface area (Å²) in [6, 6.07) is 7.27. The third-order valence-corrected chi connectivity index (χ3v) is 4.61. The van der Waals surface area contributed by atoms with Crippen molar-refractivity contribution in [2.24, 2.45) is 0 Å². The Morgan fingerprint density at radius 2 is 2.16 bits per heavy atom. The molecule has 4 nitrogen and oxygen atoms in total. The van der Waals surface area contributed by atoms with Gasteiger partial charge in [-0.1, -0.05) is 27.7 Å². The molecule has 2 aromatic rings. The van der Waals surface area contributed by atoms with E-state index in [1.165, 1.54) is 11.5 Å². The molecule has 7 heteroatoms. The van der Waals surface area contributed by atoms with Gasteiger partial charge in [0.2, 0.25) is 0 Å². The Bertz CT molecular complexity index is 556. The molecule has 0 fully saturated rings. The SMILES string of the molecule is CSc1nc(CCNC(=O)c2ccc(Br)cc2)ns1. The number of carbonyl (C=O) groups excluding carboxylic acids is 1. The summed E-state index contributed by atoms with van der Waals surface area (Å²) >= 11 is 6.31. The Hall–Kier alpha value is -0.920. The summed E-state index contributed by atoms with van der Waals surface area (Å²) in [6.07, 6.45) is 2.62. The van der Waals surface area contributed by atoms with Crippen molar-refractivity contribution in [2.75, 3.05) is 12.8 Å². The van der Waals surface area contributed by atoms with Crippen molar-refractivity contribution in [2.45, 2.75) is 10.8 Å². The van der Waals surface area contributed by atoms with Gasteiger partial charge in [-0.2, -0.15) is 4.37 Å². The molecule has 0 aliphatic carbocycles. The van der Waals surface area contributed by atoms with Crippen LogP contribution in [0.3, 0.4) is 0 Å². The van der Waals surface area contributed by atoms with Crippen LogP contribution in [0.4, 0.5) is 0 Å². The van der Waals surface area contributed by atoms with Crippen LogP contribution in [0.1, 0.15) is 16.2 Å². The maximum atomic E-state index is 11.8. The van der Waals surface area contributed by atoms with Gasteiger partial charge < -0.3 is 5.32 Å². The predicted molar refractivity (Wildman–Crippen MR) is 81.9 cm³/mol. The number of thioether (sulfide) groups is 1. The summed E-state index contributed by atoms with van der Waals surface area (Å²) in [6.45, 7) is 0.541. The lowest BCUT2D eigenvalue weighted by atomic mass is 10.2. The van der Waals surface area contributed by atoms with Crippen LogP contribution in [0.25, 0.3) is 0 Å². The lowest BCUT2D eigenvalue weighted by Gasteiger charge is -2.03. The highest BCUT2D eigenvalue weighted by atomic mass is 79.9. The van der Waals surface area contributed by atoms with Gasteiger partial charge in [-0.25, -0.2) is 4.98 Å². The van der Waals surface area contributed by atoms with Crippen LogP contribution in [0.5, 0.6) is 0 Å². The standard InChI is InChI=1S/C12H12BrN3OS2/c1-18-12-15-10(16-19-12)6-7-14-11(17)8-2-4-9(13)5-3-8/h2-5H,6-7H2,1H3,(H,14,17). The molecule has 0 aliphatic heterocycles. The lowest BCUT2D eigenvalue weighted by Crippen LogP contribution is -2.25. The minimum atomic E-state index is -0.0761. The molecule has 1 amide bonds. The molecule has 1 aromatic carbocycles. The molecular weight excluding hydrogens is 346 g/mol. The number of carbonyl (C=O) groups is 1. The Morgan fingerprint density at radius 1 is 1.42 bits per heavy atom. The molecule has 1 aromatic heterocycles. The van der Waals surface area contributed by atoms with Gasteiger partial charge in [-0.05, 0) is 42.1 Å². The number of amides is 1. The van der Waals surface area contributed by atoms with Gasteiger partial charge in [-0.3, -0.25) is 4.79 Å². The highest BCUT2D eigenvalue weighted by Gasteiger charge is 2.06. The zero-order valence-corrected chi connectivity index (χ0v) is 13.4. The first-order valence-corrected chi connectivity index (χ1v) is 8.38. The molecule has 0 spiro atoms. The van der Waals surface area contributed by atoms with Gasteiger partial charge >= 0.3 is 0 Å². The minimum absolute atomic E-state index is 0.0761. The Balaban J connectivity index is 1.82. The fourth-order valence-corrected chi connectivity index (χ4v) is 2.75. The van der Waals surface area contributed by atoms with Gasteiger partial charge in [0.05, 0.1) is 0 Å². The van der Waals surface area contributed by atoms with Crippen LogP contribution in [-0.2, 0) is 6.42 Å². The van der Waals surface area contributed by atoms with E-state index in [9.17, 15) is 4.79 Å². The van der Waals surface area contributed by atoms with E-state index in [1.807, 2.05) is 18.4 Å². The number of halogens is 1. The zero-order valence-electron chi connectivity index (χ0n) is 10.2. The average Bonchev–Trinajstić information content (AvgIpc) is 2.87. The van der Waals surface area contributed by atoms with E-state index >= 15 is 0 Å². The number of hydrogen-bond donors (Lipinski definition) is 1. The van der Waals surface area contributed by atoms with E-state index < -0.39 is 0 Å². The first kappa shape index (κ1) is 14.5. The molecule has 1 N–H and O–H groups in total. The summed E-state index contributed by atoms with van der Waals surface area (Å²) < 4.78 is 6.13. The van der Waals surface area contributed by atoms with Crippen LogP contribution in [0.15, 0.2) is 33.1 Å². The summed E-state index contributed by atoms with van der Waals surface area (Å²) in [4.78, 5) is 16.2. The van der Waals surface area contributed by atoms with E-state index in [4.69, 9.17) is 0 Å². The van der Waals surface area contributed by atoms with E-state index in [-0.39, 0.29) is 5.91 Å². The second-order valence-corrected chi connectivity index (χ2v) is 6.41. The van der Waals surface area contributed by atoms with Crippen molar-refractivity contribution in [1.29, 1.82) is 0 Å². The van der Waals surface area contributed by atoms with Crippen molar-refractivity contribution in [3.05, 3.63) is 40.1 Å². The van der Waals surface area contributed by atoms with Crippen molar-refractivity contribution >= 4 is 45.1 Å². The fraction of sp³-hybridized carbons (Fsp3) is 0.250. The highest BCUT2D eigenvalue weighted by Crippen LogP contribution is 2.16. The number of hydrogen-bond acceptors (Lipinski definition) is 5. The normalized spacial score (nSPS) is 10.4. The second-order valence-electron chi connectivity index (χ2n) is 3.69. The van der Waals surface area contributed by atoms with Crippen molar-refractivity contribution in [1.82, 2.24) is 14.7 Å². The average molecular weight is 358 g/mol. The molecule has 0 bridgehead atoms. The molecule has 0 saturated carbocycles. The molecule has 1 heterocycles. The molecule has 0 unspecified atom stereocenters. The molecule has 100 valence electrons. The molecule has 0 aliphatic rings. The van der Waals surface area contributed by atoms with Crippen LogP contribution < -0.4 is 5.32 Å². The van der Waals surface area contributed by atoms with Gasteiger partial charge in [-0.15, -0.1) is 0 Å². The molecule has 2 rings (SSSR count). The minimum Gasteiger partial charge on any atom is -0.352 e. The first-order chi connectivity index (χ1) is 9.19. The smallest absolute Gasteiger partial charge is 0.251 e. The Morgan fingerprint density at radius 3 is 2.79 bits per heavy atom. The molecule has 0 atom stereocenters. The third kappa shape index (κ3) is 4.29. The fourth-order valence-electron chi connectivity index (χ4n) is 1.41. The van der Waals surface area contributed by atoms with E-state index in [0.717, 1.165) is 14.6 Å². The van der Waals surface area contributed by atoms with E-state index in [2.05, 4.69) is 30.6 Å². The summed E-state index contributed by atoms with van der Waals surface area (Å²) in [5, 5.41) is 2.86. The van der Waals surface area contributed by atoms with E-state index in [1.54, 1.807) is 23.9 Å². The van der Waals surface area contributed by atoms with Gasteiger partial charge in [0.1, 0.15) is 5.82 Å². The van der Waals surface area contributed by atoms with Crippen LogP contribution in [-0.4, -0.2) is 28.1 Å². The highest BCUT2D eigenvalue weighted by molar-refractivity contribution is 9.10. The van der Waals surface area contributed by atoms with Crippen molar-refractivity contribution in [3.8, 4) is 0 Å². The van der Waals surface area contributed by atoms with Crippen LogP contribution in [0, 0.1) is 0 Å². The van der Waals surface area contributed by atoms with Gasteiger partial charge in [0, 0.05) is 23.0 Å². The van der Waals surface area contributed by atoms with Gasteiger partial charge in [0.15, 0.2) is 4.34 Å². The van der Waals surface area contributed by atoms with E-state index in [0.29, 0.717) is 18.5 Å². The number of rotatable bonds is 5. The van der Waals surface area contributed by atoms with Gasteiger partial charge in [0.25, 0.3) is 5.91 Å². The number of benzene rings is 1. The molecule has 19 heavy (non-hydrogen) atoms. The Labute approximate surface area is 128 Å². The van der Waals surface area contributed by atoms with Crippen LogP contribution >= 0.6 is 39.2 Å². The predicted octanol–water partition coefficient (Wildman–Crippen LogP) is 3.00. The monoisotopic (exact) mass is 357 g/mol. The topological polar surface area (TPSA) is 54.9 Å². The number of nitrogens with zero attached hydrogens (tertiary/aromatic N) is 2. The number of aromatic nitrogens is 2. The van der Waals surface area contributed by atoms with Crippen LogP contribution in [0.2, 0.25) is 0 Å². The summed E-state index contributed by atoms with van der Waals surface area (Å²) in [5.41, 5.74) is 0.652. The lowest BCUT2D eigenvalue weighted by molar-refractivity contribution is 0.0954. The second kappa shape index (κ2) is 7.02. The zero-order chi connectivity index (χ0) is 13.7. The molecule has 0 radical (unpaired) electrons. The largest absolute Gasteiger partial charge is 0.352 e. The quantitative estimate of drug-likeness (QED) is 0.835. The summed E-state index contributed by atoms with van der Waals surface area (Å²) in [5.74, 6) is 0.707. The molecule has 0 saturated heterocycles. The molecular formula is C12H12BrN3OS2.